The summed E-state index contributed by atoms with van der Waals surface area (Å²) in [6.45, 7) is 4.32. The minimum atomic E-state index is -0.298. The molecular formula is C17H24ClN5O3. The van der Waals surface area contributed by atoms with Crippen molar-refractivity contribution in [3.63, 3.8) is 0 Å². The van der Waals surface area contributed by atoms with Gasteiger partial charge in [-0.15, -0.1) is 17.5 Å². The summed E-state index contributed by atoms with van der Waals surface area (Å²) in [7, 11) is 1.58. The summed E-state index contributed by atoms with van der Waals surface area (Å²) in [5.74, 6) is 0.908. The molecule has 1 saturated heterocycles. The Bertz CT molecular complexity index is 731. The zero-order chi connectivity index (χ0) is 17.6. The van der Waals surface area contributed by atoms with E-state index in [2.05, 4.69) is 20.9 Å². The van der Waals surface area contributed by atoms with Crippen molar-refractivity contribution in [3.05, 3.63) is 30.1 Å². The molecule has 1 fully saturated rings. The van der Waals surface area contributed by atoms with Crippen LogP contribution in [0.15, 0.2) is 24.4 Å². The van der Waals surface area contributed by atoms with Crippen molar-refractivity contribution in [1.29, 1.82) is 0 Å². The molecule has 0 spiro atoms. The van der Waals surface area contributed by atoms with Crippen LogP contribution in [0.5, 0.6) is 11.5 Å². The normalized spacial score (nSPS) is 14.4. The molecule has 142 valence electrons. The van der Waals surface area contributed by atoms with Crippen LogP contribution in [0.4, 0.5) is 5.69 Å². The van der Waals surface area contributed by atoms with Gasteiger partial charge >= 0.3 is 0 Å². The molecule has 26 heavy (non-hydrogen) atoms. The Morgan fingerprint density at radius 2 is 2.12 bits per heavy atom. The summed E-state index contributed by atoms with van der Waals surface area (Å²) in [5.41, 5.74) is 0.915. The standard InChI is InChI=1S/C17H23N5O3.ClH/c1-3-25-16-10-12(4-5-15(16)24-2)19-17(23)14-11-22(21-20-14)13-6-8-18-9-7-13;/h4-5,10-11,13,18H,3,6-9H2,1-2H3,(H,19,23);1H. The number of carbonyl (C=O) groups is 1. The van der Waals surface area contributed by atoms with E-state index in [1.807, 2.05) is 6.92 Å². The Morgan fingerprint density at radius 1 is 1.35 bits per heavy atom. The molecule has 8 nitrogen and oxygen atoms in total. The lowest BCUT2D eigenvalue weighted by atomic mass is 10.1. The highest BCUT2D eigenvalue weighted by Gasteiger charge is 2.19. The number of methoxy groups -OCH3 is 1. The fraction of sp³-hybridized carbons (Fsp3) is 0.471. The van der Waals surface area contributed by atoms with Crippen LogP contribution in [0.2, 0.25) is 0 Å². The van der Waals surface area contributed by atoms with Crippen LogP contribution < -0.4 is 20.1 Å². The Kier molecular flexibility index (Phi) is 7.23. The number of rotatable bonds is 6. The fourth-order valence-electron chi connectivity index (χ4n) is 2.85. The molecule has 2 aromatic rings. The fourth-order valence-corrected chi connectivity index (χ4v) is 2.85. The second kappa shape index (κ2) is 9.40. The van der Waals surface area contributed by atoms with Crippen LogP contribution in [0, 0.1) is 0 Å². The average molecular weight is 382 g/mol. The van der Waals surface area contributed by atoms with Gasteiger partial charge in [0.05, 0.1) is 26.0 Å². The van der Waals surface area contributed by atoms with Gasteiger partial charge in [0.1, 0.15) is 0 Å². The lowest BCUT2D eigenvalue weighted by Crippen LogP contribution is -2.29. The number of anilines is 1. The van der Waals surface area contributed by atoms with Gasteiger partial charge in [0.2, 0.25) is 0 Å². The molecule has 1 aromatic heterocycles. The molecular weight excluding hydrogens is 358 g/mol. The lowest BCUT2D eigenvalue weighted by molar-refractivity contribution is 0.102. The summed E-state index contributed by atoms with van der Waals surface area (Å²) < 4.78 is 12.6. The van der Waals surface area contributed by atoms with Gasteiger partial charge in [-0.2, -0.15) is 0 Å². The third-order valence-electron chi connectivity index (χ3n) is 4.15. The highest BCUT2D eigenvalue weighted by atomic mass is 35.5. The van der Waals surface area contributed by atoms with Gasteiger partial charge in [0, 0.05) is 11.8 Å². The largest absolute Gasteiger partial charge is 0.493 e. The third-order valence-corrected chi connectivity index (χ3v) is 4.15. The van der Waals surface area contributed by atoms with Crippen LogP contribution >= 0.6 is 12.4 Å². The first-order chi connectivity index (χ1) is 12.2. The van der Waals surface area contributed by atoms with Crippen molar-refractivity contribution in [3.8, 4) is 11.5 Å². The SMILES string of the molecule is CCOc1cc(NC(=O)c2cn(C3CCNCC3)nn2)ccc1OC.Cl. The van der Waals surface area contributed by atoms with Gasteiger partial charge < -0.3 is 20.1 Å². The van der Waals surface area contributed by atoms with Crippen LogP contribution in [-0.4, -0.2) is 47.7 Å². The molecule has 2 N–H and O–H groups in total. The molecule has 1 aliphatic rings. The van der Waals surface area contributed by atoms with Crippen molar-refractivity contribution < 1.29 is 14.3 Å². The summed E-state index contributed by atoms with van der Waals surface area (Å²) in [6, 6.07) is 5.54. The predicted molar refractivity (Wildman–Crippen MR) is 101 cm³/mol. The first kappa shape index (κ1) is 20.0. The van der Waals surface area contributed by atoms with E-state index >= 15 is 0 Å². The molecule has 1 aromatic carbocycles. The second-order valence-electron chi connectivity index (χ2n) is 5.82. The number of piperidine rings is 1. The zero-order valence-electron chi connectivity index (χ0n) is 14.9. The number of hydrogen-bond donors (Lipinski definition) is 2. The molecule has 0 atom stereocenters. The average Bonchev–Trinajstić information content (AvgIpc) is 3.13. The summed E-state index contributed by atoms with van der Waals surface area (Å²) in [6.07, 6.45) is 3.68. The quantitative estimate of drug-likeness (QED) is 0.797. The molecule has 2 heterocycles. The van der Waals surface area contributed by atoms with Gasteiger partial charge in [-0.1, -0.05) is 5.21 Å². The Hall–Kier alpha value is -2.32. The van der Waals surface area contributed by atoms with E-state index in [0.29, 0.717) is 35.5 Å². The number of hydrogen-bond acceptors (Lipinski definition) is 6. The zero-order valence-corrected chi connectivity index (χ0v) is 15.7. The minimum Gasteiger partial charge on any atom is -0.493 e. The molecule has 0 unspecified atom stereocenters. The monoisotopic (exact) mass is 381 g/mol. The third kappa shape index (κ3) is 4.64. The maximum Gasteiger partial charge on any atom is 0.277 e. The van der Waals surface area contributed by atoms with Crippen LogP contribution in [0.3, 0.4) is 0 Å². The first-order valence-corrected chi connectivity index (χ1v) is 8.46. The number of carbonyl (C=O) groups excluding carboxylic acids is 1. The van der Waals surface area contributed by atoms with Crippen molar-refractivity contribution in [2.75, 3.05) is 32.1 Å². The van der Waals surface area contributed by atoms with Gasteiger partial charge in [-0.05, 0) is 45.0 Å². The number of aromatic nitrogens is 3. The Balaban J connectivity index is 0.00000243. The van der Waals surface area contributed by atoms with Crippen LogP contribution in [0.25, 0.3) is 0 Å². The highest BCUT2D eigenvalue weighted by molar-refractivity contribution is 6.02. The molecule has 0 radical (unpaired) electrons. The topological polar surface area (TPSA) is 90.3 Å². The van der Waals surface area contributed by atoms with E-state index < -0.39 is 0 Å². The summed E-state index contributed by atoms with van der Waals surface area (Å²) in [5, 5.41) is 14.2. The molecule has 1 amide bonds. The maximum atomic E-state index is 12.4. The molecule has 0 aliphatic carbocycles. The van der Waals surface area contributed by atoms with Gasteiger partial charge in [0.25, 0.3) is 5.91 Å². The Morgan fingerprint density at radius 3 is 2.81 bits per heavy atom. The number of benzene rings is 1. The molecule has 9 heteroatoms. The number of amides is 1. The number of halogens is 1. The predicted octanol–water partition coefficient (Wildman–Crippen LogP) is 2.28. The van der Waals surface area contributed by atoms with Gasteiger partial charge in [0.15, 0.2) is 17.2 Å². The number of nitrogens with one attached hydrogen (secondary N) is 2. The maximum absolute atomic E-state index is 12.4. The smallest absolute Gasteiger partial charge is 0.277 e. The van der Waals surface area contributed by atoms with Crippen molar-refractivity contribution in [2.24, 2.45) is 0 Å². The van der Waals surface area contributed by atoms with Crippen LogP contribution in [-0.2, 0) is 0 Å². The summed E-state index contributed by atoms with van der Waals surface area (Å²) in [4.78, 5) is 12.4. The van der Waals surface area contributed by atoms with E-state index in [4.69, 9.17) is 9.47 Å². The molecule has 0 saturated carbocycles. The highest BCUT2D eigenvalue weighted by Crippen LogP contribution is 2.30. The Labute approximate surface area is 158 Å². The van der Waals surface area contributed by atoms with E-state index in [9.17, 15) is 4.79 Å². The van der Waals surface area contributed by atoms with E-state index in [1.54, 1.807) is 36.2 Å². The first-order valence-electron chi connectivity index (χ1n) is 8.46. The van der Waals surface area contributed by atoms with E-state index in [0.717, 1.165) is 25.9 Å². The van der Waals surface area contributed by atoms with E-state index in [-0.39, 0.29) is 18.3 Å². The van der Waals surface area contributed by atoms with Crippen molar-refractivity contribution in [2.45, 2.75) is 25.8 Å². The number of nitrogens with zero attached hydrogens (tertiary/aromatic N) is 3. The second-order valence-corrected chi connectivity index (χ2v) is 5.82. The molecule has 0 bridgehead atoms. The minimum absolute atomic E-state index is 0. The number of ether oxygens (including phenoxy) is 2. The van der Waals surface area contributed by atoms with Gasteiger partial charge in [-0.25, -0.2) is 4.68 Å². The van der Waals surface area contributed by atoms with E-state index in [1.165, 1.54) is 0 Å². The molecule has 1 aliphatic heterocycles. The van der Waals surface area contributed by atoms with Crippen LogP contribution in [0.1, 0.15) is 36.3 Å². The summed E-state index contributed by atoms with van der Waals surface area (Å²) >= 11 is 0. The van der Waals surface area contributed by atoms with Gasteiger partial charge in [-0.3, -0.25) is 4.79 Å². The lowest BCUT2D eigenvalue weighted by Gasteiger charge is -2.22. The van der Waals surface area contributed by atoms with Crippen molar-refractivity contribution >= 4 is 24.0 Å². The molecule has 3 rings (SSSR count). The van der Waals surface area contributed by atoms with Crippen molar-refractivity contribution in [1.82, 2.24) is 20.3 Å².